The normalized spacial score (nSPS) is 11.6. The molecule has 0 spiro atoms. The van der Waals surface area contributed by atoms with Crippen LogP contribution in [0.15, 0.2) is 35.7 Å². The summed E-state index contributed by atoms with van der Waals surface area (Å²) >= 11 is 1.55. The molecule has 2 aromatic rings. The van der Waals surface area contributed by atoms with Crippen LogP contribution in [0.1, 0.15) is 27.7 Å². The van der Waals surface area contributed by atoms with Crippen molar-refractivity contribution >= 4 is 23.2 Å². The summed E-state index contributed by atoms with van der Waals surface area (Å²) in [5.74, 6) is -0.491. The zero-order valence-corrected chi connectivity index (χ0v) is 14.1. The van der Waals surface area contributed by atoms with E-state index in [9.17, 15) is 9.59 Å². The monoisotopic (exact) mass is 333 g/mol. The lowest BCUT2D eigenvalue weighted by Gasteiger charge is -2.15. The van der Waals surface area contributed by atoms with E-state index < -0.39 is 12.1 Å². The fraction of sp³-hybridized carbons (Fsp3) is 0.294. The lowest BCUT2D eigenvalue weighted by Crippen LogP contribution is -2.35. The third-order valence-corrected chi connectivity index (χ3v) is 4.12. The molecule has 0 saturated heterocycles. The van der Waals surface area contributed by atoms with Gasteiger partial charge < -0.3 is 14.8 Å². The average molecular weight is 333 g/mol. The molecule has 1 aromatic carbocycles. The van der Waals surface area contributed by atoms with Gasteiger partial charge in [-0.25, -0.2) is 4.79 Å². The highest BCUT2D eigenvalue weighted by Gasteiger charge is 2.21. The quantitative estimate of drug-likeness (QED) is 0.826. The number of nitrogens with one attached hydrogen (secondary N) is 1. The van der Waals surface area contributed by atoms with Crippen LogP contribution in [0.4, 0.5) is 0 Å². The highest BCUT2D eigenvalue weighted by atomic mass is 32.1. The summed E-state index contributed by atoms with van der Waals surface area (Å²) in [5, 5.41) is 4.68. The summed E-state index contributed by atoms with van der Waals surface area (Å²) in [7, 11) is 1.48. The van der Waals surface area contributed by atoms with Gasteiger partial charge in [0.15, 0.2) is 6.10 Å². The number of aryl methyl sites for hydroxylation is 1. The van der Waals surface area contributed by atoms with Gasteiger partial charge in [-0.05, 0) is 37.4 Å². The first-order valence-corrected chi connectivity index (χ1v) is 8.05. The molecule has 0 saturated carbocycles. The number of esters is 1. The van der Waals surface area contributed by atoms with E-state index in [1.807, 2.05) is 30.5 Å². The Morgan fingerprint density at radius 1 is 1.30 bits per heavy atom. The van der Waals surface area contributed by atoms with Gasteiger partial charge in [-0.1, -0.05) is 17.7 Å². The molecule has 6 heteroatoms. The molecular weight excluding hydrogens is 314 g/mol. The zero-order valence-electron chi connectivity index (χ0n) is 13.3. The number of carbonyl (C=O) groups is 2. The van der Waals surface area contributed by atoms with Gasteiger partial charge in [0.1, 0.15) is 11.3 Å². The molecule has 0 aliphatic heterocycles. The van der Waals surface area contributed by atoms with Gasteiger partial charge in [-0.15, -0.1) is 11.3 Å². The van der Waals surface area contributed by atoms with Gasteiger partial charge in [-0.2, -0.15) is 0 Å². The van der Waals surface area contributed by atoms with Crippen LogP contribution in [0.5, 0.6) is 5.75 Å². The molecule has 1 atom stereocenters. The topological polar surface area (TPSA) is 64.6 Å². The molecule has 0 fully saturated rings. The summed E-state index contributed by atoms with van der Waals surface area (Å²) in [6, 6.07) is 9.07. The summed E-state index contributed by atoms with van der Waals surface area (Å²) in [6.07, 6.45) is -0.882. The standard InChI is InChI=1S/C17H19NO4S/c1-11-6-7-15(21-3)14(9-11)17(20)22-12(2)16(19)18-10-13-5-4-8-23-13/h4-9,12H,10H2,1-3H3,(H,18,19)/t12-/m1/s1. The Kier molecular flexibility index (Phi) is 5.76. The third kappa shape index (κ3) is 4.56. The van der Waals surface area contributed by atoms with Crippen LogP contribution in [0.3, 0.4) is 0 Å². The maximum absolute atomic E-state index is 12.2. The van der Waals surface area contributed by atoms with Crippen molar-refractivity contribution in [2.45, 2.75) is 26.5 Å². The maximum atomic E-state index is 12.2. The summed E-state index contributed by atoms with van der Waals surface area (Å²) < 4.78 is 10.4. The second-order valence-corrected chi connectivity index (χ2v) is 6.08. The molecule has 5 nitrogen and oxygen atoms in total. The number of carbonyl (C=O) groups excluding carboxylic acids is 2. The van der Waals surface area contributed by atoms with Crippen LogP contribution in [-0.4, -0.2) is 25.1 Å². The number of hydrogen-bond donors (Lipinski definition) is 1. The minimum absolute atomic E-state index is 0.311. The largest absolute Gasteiger partial charge is 0.496 e. The van der Waals surface area contributed by atoms with Gasteiger partial charge in [-0.3, -0.25) is 4.79 Å². The molecule has 1 aromatic heterocycles. The van der Waals surface area contributed by atoms with Crippen molar-refractivity contribution in [3.63, 3.8) is 0 Å². The molecule has 122 valence electrons. The van der Waals surface area contributed by atoms with Gasteiger partial charge in [0.25, 0.3) is 5.91 Å². The summed E-state index contributed by atoms with van der Waals surface area (Å²) in [6.45, 7) is 3.84. The Balaban J connectivity index is 1.96. The van der Waals surface area contributed by atoms with Crippen LogP contribution < -0.4 is 10.1 Å². The van der Waals surface area contributed by atoms with Crippen molar-refractivity contribution in [3.8, 4) is 5.75 Å². The Morgan fingerprint density at radius 2 is 2.09 bits per heavy atom. The molecule has 23 heavy (non-hydrogen) atoms. The first kappa shape index (κ1) is 17.0. The number of hydrogen-bond acceptors (Lipinski definition) is 5. The van der Waals surface area contributed by atoms with E-state index in [1.165, 1.54) is 7.11 Å². The van der Waals surface area contributed by atoms with Crippen molar-refractivity contribution < 1.29 is 19.1 Å². The van der Waals surface area contributed by atoms with E-state index in [4.69, 9.17) is 9.47 Å². The van der Waals surface area contributed by atoms with E-state index in [0.717, 1.165) is 10.4 Å². The summed E-state index contributed by atoms with van der Waals surface area (Å²) in [4.78, 5) is 25.3. The number of benzene rings is 1. The number of rotatable bonds is 6. The van der Waals surface area contributed by atoms with Gasteiger partial charge in [0.05, 0.1) is 13.7 Å². The van der Waals surface area contributed by atoms with Crippen LogP contribution in [-0.2, 0) is 16.1 Å². The molecular formula is C17H19NO4S. The maximum Gasteiger partial charge on any atom is 0.342 e. The Hall–Kier alpha value is -2.34. The van der Waals surface area contributed by atoms with Crippen LogP contribution >= 0.6 is 11.3 Å². The van der Waals surface area contributed by atoms with Gasteiger partial charge >= 0.3 is 5.97 Å². The summed E-state index contributed by atoms with van der Waals surface area (Å²) in [5.41, 5.74) is 1.22. The molecule has 0 radical (unpaired) electrons. The molecule has 1 N–H and O–H groups in total. The van der Waals surface area contributed by atoms with E-state index in [0.29, 0.717) is 17.9 Å². The van der Waals surface area contributed by atoms with E-state index in [-0.39, 0.29) is 5.91 Å². The average Bonchev–Trinajstić information content (AvgIpc) is 3.05. The molecule has 0 unspecified atom stereocenters. The zero-order chi connectivity index (χ0) is 16.8. The Morgan fingerprint density at radius 3 is 2.74 bits per heavy atom. The van der Waals surface area contributed by atoms with Gasteiger partial charge in [0, 0.05) is 4.88 Å². The number of ether oxygens (including phenoxy) is 2. The minimum Gasteiger partial charge on any atom is -0.496 e. The second-order valence-electron chi connectivity index (χ2n) is 5.05. The molecule has 0 aliphatic carbocycles. The van der Waals surface area contributed by atoms with Gasteiger partial charge in [0.2, 0.25) is 0 Å². The molecule has 1 amide bonds. The smallest absolute Gasteiger partial charge is 0.342 e. The fourth-order valence-electron chi connectivity index (χ4n) is 1.99. The van der Waals surface area contributed by atoms with Crippen molar-refractivity contribution in [3.05, 3.63) is 51.7 Å². The second kappa shape index (κ2) is 7.78. The SMILES string of the molecule is COc1ccc(C)cc1C(=O)O[C@H](C)C(=O)NCc1cccs1. The Labute approximate surface area is 139 Å². The number of amides is 1. The van der Waals surface area contributed by atoms with E-state index in [1.54, 1.807) is 30.4 Å². The van der Waals surface area contributed by atoms with Crippen molar-refractivity contribution in [2.75, 3.05) is 7.11 Å². The van der Waals surface area contributed by atoms with Crippen LogP contribution in [0.25, 0.3) is 0 Å². The Bertz CT molecular complexity index is 682. The molecule has 2 rings (SSSR count). The minimum atomic E-state index is -0.882. The lowest BCUT2D eigenvalue weighted by atomic mass is 10.1. The first-order chi connectivity index (χ1) is 11.0. The van der Waals surface area contributed by atoms with Crippen LogP contribution in [0, 0.1) is 6.92 Å². The van der Waals surface area contributed by atoms with E-state index >= 15 is 0 Å². The number of methoxy groups -OCH3 is 1. The highest BCUT2D eigenvalue weighted by Crippen LogP contribution is 2.21. The molecule has 1 heterocycles. The fourth-order valence-corrected chi connectivity index (χ4v) is 2.63. The lowest BCUT2D eigenvalue weighted by molar-refractivity contribution is -0.129. The number of thiophene rings is 1. The van der Waals surface area contributed by atoms with Crippen LogP contribution in [0.2, 0.25) is 0 Å². The predicted molar refractivity (Wildman–Crippen MR) is 88.8 cm³/mol. The first-order valence-electron chi connectivity index (χ1n) is 7.17. The van der Waals surface area contributed by atoms with Crippen molar-refractivity contribution in [1.82, 2.24) is 5.32 Å². The van der Waals surface area contributed by atoms with Crippen molar-refractivity contribution in [1.29, 1.82) is 0 Å². The molecule has 0 bridgehead atoms. The van der Waals surface area contributed by atoms with E-state index in [2.05, 4.69) is 5.32 Å². The van der Waals surface area contributed by atoms with Crippen molar-refractivity contribution in [2.24, 2.45) is 0 Å². The highest BCUT2D eigenvalue weighted by molar-refractivity contribution is 7.09. The molecule has 0 aliphatic rings. The third-order valence-electron chi connectivity index (χ3n) is 3.24. The predicted octanol–water partition coefficient (Wildman–Crippen LogP) is 2.93.